The Bertz CT molecular complexity index is 157. The largest absolute Gasteiger partial charge is 0.348 e. The molecule has 2 heteroatoms. The molecule has 2 nitrogen and oxygen atoms in total. The second-order valence-electron chi connectivity index (χ2n) is 4.77. The van der Waals surface area contributed by atoms with E-state index in [1.807, 2.05) is 0 Å². The molecule has 0 atom stereocenters. The van der Waals surface area contributed by atoms with Crippen molar-refractivity contribution in [3.63, 3.8) is 0 Å². The van der Waals surface area contributed by atoms with Gasteiger partial charge in [-0.05, 0) is 18.3 Å². The molecule has 1 aliphatic carbocycles. The van der Waals surface area contributed by atoms with E-state index < -0.39 is 0 Å². The minimum atomic E-state index is -0.171. The average Bonchev–Trinajstić information content (AvgIpc) is 2.46. The van der Waals surface area contributed by atoms with Crippen molar-refractivity contribution in [1.29, 1.82) is 0 Å². The van der Waals surface area contributed by atoms with Crippen molar-refractivity contribution in [2.75, 3.05) is 13.2 Å². The minimum absolute atomic E-state index is 0.171. The maximum atomic E-state index is 5.65. The average molecular weight is 170 g/mol. The van der Waals surface area contributed by atoms with Crippen LogP contribution in [0.1, 0.15) is 39.5 Å². The van der Waals surface area contributed by atoms with E-state index in [0.29, 0.717) is 5.41 Å². The molecule has 0 aromatic heterocycles. The lowest BCUT2D eigenvalue weighted by atomic mass is 9.75. The van der Waals surface area contributed by atoms with E-state index in [2.05, 4.69) is 13.8 Å². The molecule has 0 unspecified atom stereocenters. The van der Waals surface area contributed by atoms with Crippen molar-refractivity contribution in [2.24, 2.45) is 5.41 Å². The van der Waals surface area contributed by atoms with Gasteiger partial charge in [-0.15, -0.1) is 0 Å². The summed E-state index contributed by atoms with van der Waals surface area (Å²) in [6, 6.07) is 0. The van der Waals surface area contributed by atoms with Crippen LogP contribution in [0.15, 0.2) is 0 Å². The number of rotatable bonds is 0. The third kappa shape index (κ3) is 1.50. The van der Waals surface area contributed by atoms with Crippen LogP contribution in [0.3, 0.4) is 0 Å². The monoisotopic (exact) mass is 170 g/mol. The highest BCUT2D eigenvalue weighted by atomic mass is 16.7. The van der Waals surface area contributed by atoms with Gasteiger partial charge < -0.3 is 9.47 Å². The van der Waals surface area contributed by atoms with Gasteiger partial charge in [0.2, 0.25) is 0 Å². The van der Waals surface area contributed by atoms with Crippen LogP contribution in [0, 0.1) is 5.41 Å². The third-order valence-electron chi connectivity index (χ3n) is 3.18. The number of hydrogen-bond donors (Lipinski definition) is 0. The molecule has 2 fully saturated rings. The Morgan fingerprint density at radius 3 is 1.83 bits per heavy atom. The molecule has 0 aromatic carbocycles. The summed E-state index contributed by atoms with van der Waals surface area (Å²) >= 11 is 0. The summed E-state index contributed by atoms with van der Waals surface area (Å²) in [5.41, 5.74) is 0.501. The molecule has 0 amide bonds. The first-order valence-corrected chi connectivity index (χ1v) is 4.90. The zero-order valence-electron chi connectivity index (χ0n) is 8.06. The second kappa shape index (κ2) is 2.71. The lowest BCUT2D eigenvalue weighted by molar-refractivity contribution is -0.188. The predicted molar refractivity (Wildman–Crippen MR) is 46.9 cm³/mol. The highest BCUT2D eigenvalue weighted by Gasteiger charge is 2.42. The number of hydrogen-bond acceptors (Lipinski definition) is 2. The van der Waals surface area contributed by atoms with E-state index in [-0.39, 0.29) is 5.79 Å². The van der Waals surface area contributed by atoms with E-state index in [0.717, 1.165) is 26.1 Å². The van der Waals surface area contributed by atoms with E-state index in [1.54, 1.807) is 0 Å². The van der Waals surface area contributed by atoms with Gasteiger partial charge in [0, 0.05) is 12.8 Å². The van der Waals surface area contributed by atoms with Gasteiger partial charge in [0.1, 0.15) is 0 Å². The Balaban J connectivity index is 1.97. The van der Waals surface area contributed by atoms with Gasteiger partial charge in [0.05, 0.1) is 13.2 Å². The standard InChI is InChI=1S/C10H18O2/c1-9(2)3-5-10(6-4-9)11-7-8-12-10/h3-8H2,1-2H3. The van der Waals surface area contributed by atoms with Crippen molar-refractivity contribution in [3.8, 4) is 0 Å². The first kappa shape index (κ1) is 8.52. The molecule has 0 radical (unpaired) electrons. The fraction of sp³-hybridized carbons (Fsp3) is 1.00. The Kier molecular flexibility index (Phi) is 1.92. The van der Waals surface area contributed by atoms with Crippen LogP contribution in [0.5, 0.6) is 0 Å². The topological polar surface area (TPSA) is 18.5 Å². The SMILES string of the molecule is CC1(C)CCC2(CC1)OCCO2. The normalized spacial score (nSPS) is 32.5. The van der Waals surface area contributed by atoms with Gasteiger partial charge in [0.25, 0.3) is 0 Å². The number of ether oxygens (including phenoxy) is 2. The minimum Gasteiger partial charge on any atom is -0.348 e. The molecule has 2 rings (SSSR count). The van der Waals surface area contributed by atoms with Crippen LogP contribution in [0.2, 0.25) is 0 Å². The fourth-order valence-electron chi connectivity index (χ4n) is 2.09. The molecule has 1 heterocycles. The summed E-state index contributed by atoms with van der Waals surface area (Å²) in [4.78, 5) is 0. The van der Waals surface area contributed by atoms with Crippen LogP contribution in [0.4, 0.5) is 0 Å². The van der Waals surface area contributed by atoms with Gasteiger partial charge in [0.15, 0.2) is 5.79 Å². The molecule has 0 bridgehead atoms. The van der Waals surface area contributed by atoms with Crippen molar-refractivity contribution < 1.29 is 9.47 Å². The van der Waals surface area contributed by atoms with Crippen molar-refractivity contribution in [2.45, 2.75) is 45.3 Å². The molecule has 1 saturated heterocycles. The summed E-state index contributed by atoms with van der Waals surface area (Å²) in [5.74, 6) is -0.171. The van der Waals surface area contributed by atoms with Gasteiger partial charge in [-0.3, -0.25) is 0 Å². The van der Waals surface area contributed by atoms with E-state index in [4.69, 9.17) is 9.47 Å². The molecule has 12 heavy (non-hydrogen) atoms. The molecular weight excluding hydrogens is 152 g/mol. The summed E-state index contributed by atoms with van der Waals surface area (Å²) in [6.07, 6.45) is 4.62. The quantitative estimate of drug-likeness (QED) is 0.555. The molecule has 1 saturated carbocycles. The maximum Gasteiger partial charge on any atom is 0.168 e. The van der Waals surface area contributed by atoms with E-state index in [1.165, 1.54) is 12.8 Å². The van der Waals surface area contributed by atoms with Gasteiger partial charge in [-0.25, -0.2) is 0 Å². The lowest BCUT2D eigenvalue weighted by Crippen LogP contribution is -2.37. The molecular formula is C10H18O2. The van der Waals surface area contributed by atoms with Crippen LogP contribution in [-0.4, -0.2) is 19.0 Å². The smallest absolute Gasteiger partial charge is 0.168 e. The molecule has 1 spiro atoms. The van der Waals surface area contributed by atoms with Crippen molar-refractivity contribution in [3.05, 3.63) is 0 Å². The lowest BCUT2D eigenvalue weighted by Gasteiger charge is -2.39. The van der Waals surface area contributed by atoms with E-state index in [9.17, 15) is 0 Å². The zero-order chi connectivity index (χ0) is 8.66. The van der Waals surface area contributed by atoms with Crippen LogP contribution in [-0.2, 0) is 9.47 Å². The van der Waals surface area contributed by atoms with Crippen LogP contribution in [0.25, 0.3) is 0 Å². The highest BCUT2D eigenvalue weighted by Crippen LogP contribution is 2.43. The summed E-state index contributed by atoms with van der Waals surface area (Å²) in [7, 11) is 0. The Morgan fingerprint density at radius 1 is 0.833 bits per heavy atom. The zero-order valence-corrected chi connectivity index (χ0v) is 8.06. The summed E-state index contributed by atoms with van der Waals surface area (Å²) in [6.45, 7) is 6.24. The first-order chi connectivity index (χ1) is 5.62. The Morgan fingerprint density at radius 2 is 1.33 bits per heavy atom. The van der Waals surface area contributed by atoms with Gasteiger partial charge >= 0.3 is 0 Å². The Hall–Kier alpha value is -0.0800. The van der Waals surface area contributed by atoms with Crippen LogP contribution >= 0.6 is 0 Å². The van der Waals surface area contributed by atoms with E-state index >= 15 is 0 Å². The molecule has 70 valence electrons. The van der Waals surface area contributed by atoms with Gasteiger partial charge in [-0.1, -0.05) is 13.8 Å². The van der Waals surface area contributed by atoms with Crippen molar-refractivity contribution in [1.82, 2.24) is 0 Å². The van der Waals surface area contributed by atoms with Gasteiger partial charge in [-0.2, -0.15) is 0 Å². The second-order valence-corrected chi connectivity index (χ2v) is 4.77. The molecule has 2 aliphatic rings. The fourth-order valence-corrected chi connectivity index (χ4v) is 2.09. The third-order valence-corrected chi connectivity index (χ3v) is 3.18. The summed E-state index contributed by atoms with van der Waals surface area (Å²) < 4.78 is 11.3. The van der Waals surface area contributed by atoms with Crippen LogP contribution < -0.4 is 0 Å². The highest BCUT2D eigenvalue weighted by molar-refractivity contribution is 4.86. The molecule has 0 aromatic rings. The Labute approximate surface area is 74.2 Å². The first-order valence-electron chi connectivity index (χ1n) is 4.90. The maximum absolute atomic E-state index is 5.65. The molecule has 1 aliphatic heterocycles. The van der Waals surface area contributed by atoms with Crippen molar-refractivity contribution >= 4 is 0 Å². The summed E-state index contributed by atoms with van der Waals surface area (Å²) in [5, 5.41) is 0. The molecule has 0 N–H and O–H groups in total. The predicted octanol–water partition coefficient (Wildman–Crippen LogP) is 2.33.